The minimum absolute atomic E-state index is 0.315. The number of benzene rings is 2. The highest BCUT2D eigenvalue weighted by molar-refractivity contribution is 6.30. The van der Waals surface area contributed by atoms with E-state index in [0.717, 1.165) is 4.90 Å². The van der Waals surface area contributed by atoms with E-state index in [9.17, 15) is 18.8 Å². The number of hydrogen-bond donors (Lipinski definition) is 2. The third-order valence-electron chi connectivity index (χ3n) is 4.47. The van der Waals surface area contributed by atoms with Crippen LogP contribution in [0.4, 0.5) is 14.9 Å². The standard InChI is InChI=1S/C19H17ClFN3O3/c1-2-19(12-3-5-13(20)6-4-12)17(26)24(18(27)23-19)11-16(25)22-15-9-7-14(21)8-10-15/h3-10H,2,11H2,1H3,(H,22,25)(H,23,27)/t19-/m0/s1. The Labute approximate surface area is 160 Å². The maximum atomic E-state index is 13.0. The number of halogens is 2. The lowest BCUT2D eigenvalue weighted by Gasteiger charge is -2.25. The third kappa shape index (κ3) is 3.64. The lowest BCUT2D eigenvalue weighted by atomic mass is 9.87. The van der Waals surface area contributed by atoms with Crippen molar-refractivity contribution in [2.75, 3.05) is 11.9 Å². The van der Waals surface area contributed by atoms with Crippen LogP contribution in [0, 0.1) is 5.82 Å². The zero-order valence-electron chi connectivity index (χ0n) is 14.5. The van der Waals surface area contributed by atoms with Gasteiger partial charge >= 0.3 is 6.03 Å². The van der Waals surface area contributed by atoms with Gasteiger partial charge in [0.1, 0.15) is 17.9 Å². The van der Waals surface area contributed by atoms with Crippen molar-refractivity contribution in [1.29, 1.82) is 0 Å². The van der Waals surface area contributed by atoms with Gasteiger partial charge in [-0.2, -0.15) is 0 Å². The van der Waals surface area contributed by atoms with Crippen LogP contribution in [0.25, 0.3) is 0 Å². The molecule has 0 bridgehead atoms. The molecule has 0 unspecified atom stereocenters. The molecule has 0 radical (unpaired) electrons. The zero-order chi connectivity index (χ0) is 19.6. The fraction of sp³-hybridized carbons (Fsp3) is 0.211. The highest BCUT2D eigenvalue weighted by Crippen LogP contribution is 2.33. The van der Waals surface area contributed by atoms with E-state index in [1.54, 1.807) is 31.2 Å². The highest BCUT2D eigenvalue weighted by Gasteiger charge is 2.51. The number of rotatable bonds is 5. The SMILES string of the molecule is CC[C@@]1(c2ccc(Cl)cc2)NC(=O)N(CC(=O)Nc2ccc(F)cc2)C1=O. The number of urea groups is 1. The van der Waals surface area contributed by atoms with Crippen molar-refractivity contribution in [2.24, 2.45) is 0 Å². The molecule has 2 aromatic rings. The van der Waals surface area contributed by atoms with E-state index in [-0.39, 0.29) is 0 Å². The molecule has 8 heteroatoms. The Bertz CT molecular complexity index is 886. The molecule has 0 spiro atoms. The molecular formula is C19H17ClFN3O3. The van der Waals surface area contributed by atoms with E-state index in [0.29, 0.717) is 22.7 Å². The summed E-state index contributed by atoms with van der Waals surface area (Å²) in [5.41, 5.74) is -0.278. The second-order valence-electron chi connectivity index (χ2n) is 6.14. The molecule has 0 aromatic heterocycles. The van der Waals surface area contributed by atoms with Crippen LogP contribution in [0.2, 0.25) is 5.02 Å². The molecule has 1 aliphatic heterocycles. The maximum Gasteiger partial charge on any atom is 0.325 e. The third-order valence-corrected chi connectivity index (χ3v) is 4.72. The molecule has 0 aliphatic carbocycles. The normalized spacial score (nSPS) is 19.1. The first kappa shape index (κ1) is 18.8. The number of anilines is 1. The van der Waals surface area contributed by atoms with Crippen molar-refractivity contribution >= 4 is 35.1 Å². The van der Waals surface area contributed by atoms with E-state index in [4.69, 9.17) is 11.6 Å². The largest absolute Gasteiger partial charge is 0.325 e. The van der Waals surface area contributed by atoms with Gasteiger partial charge in [-0.3, -0.25) is 14.5 Å². The number of hydrogen-bond acceptors (Lipinski definition) is 3. The van der Waals surface area contributed by atoms with Gasteiger partial charge in [-0.15, -0.1) is 0 Å². The predicted octanol–water partition coefficient (Wildman–Crippen LogP) is 3.27. The van der Waals surface area contributed by atoms with E-state index < -0.39 is 35.7 Å². The predicted molar refractivity (Wildman–Crippen MR) is 98.7 cm³/mol. The van der Waals surface area contributed by atoms with Gasteiger partial charge in [0.15, 0.2) is 0 Å². The molecule has 1 fully saturated rings. The molecule has 1 aliphatic rings. The van der Waals surface area contributed by atoms with Crippen LogP contribution in [0.3, 0.4) is 0 Å². The van der Waals surface area contributed by atoms with Gasteiger partial charge < -0.3 is 10.6 Å². The lowest BCUT2D eigenvalue weighted by Crippen LogP contribution is -2.44. The Hall–Kier alpha value is -2.93. The van der Waals surface area contributed by atoms with Crippen molar-refractivity contribution in [1.82, 2.24) is 10.2 Å². The average molecular weight is 390 g/mol. The number of carbonyl (C=O) groups is 3. The molecule has 6 nitrogen and oxygen atoms in total. The second-order valence-corrected chi connectivity index (χ2v) is 6.58. The summed E-state index contributed by atoms with van der Waals surface area (Å²) < 4.78 is 12.9. The van der Waals surface area contributed by atoms with E-state index >= 15 is 0 Å². The van der Waals surface area contributed by atoms with Crippen LogP contribution in [-0.2, 0) is 15.1 Å². The monoisotopic (exact) mass is 389 g/mol. The number of imide groups is 1. The van der Waals surface area contributed by atoms with Crippen molar-refractivity contribution in [2.45, 2.75) is 18.9 Å². The maximum absolute atomic E-state index is 13.0. The number of nitrogens with zero attached hydrogens (tertiary/aromatic N) is 1. The Balaban J connectivity index is 1.77. The number of carbonyl (C=O) groups excluding carboxylic acids is 3. The molecule has 2 aromatic carbocycles. The van der Waals surface area contributed by atoms with Crippen LogP contribution in [0.5, 0.6) is 0 Å². The summed E-state index contributed by atoms with van der Waals surface area (Å²) in [7, 11) is 0. The molecule has 1 saturated heterocycles. The summed E-state index contributed by atoms with van der Waals surface area (Å²) in [4.78, 5) is 38.4. The molecule has 2 N–H and O–H groups in total. The van der Waals surface area contributed by atoms with Crippen molar-refractivity contribution in [3.8, 4) is 0 Å². The van der Waals surface area contributed by atoms with Gasteiger partial charge in [0.25, 0.3) is 5.91 Å². The van der Waals surface area contributed by atoms with E-state index in [2.05, 4.69) is 10.6 Å². The van der Waals surface area contributed by atoms with Crippen molar-refractivity contribution in [3.63, 3.8) is 0 Å². The Kier molecular flexibility index (Phi) is 5.14. The molecule has 1 heterocycles. The first-order valence-corrected chi connectivity index (χ1v) is 8.69. The Morgan fingerprint density at radius 3 is 2.37 bits per heavy atom. The van der Waals surface area contributed by atoms with Crippen LogP contribution in [0.1, 0.15) is 18.9 Å². The first-order chi connectivity index (χ1) is 12.9. The molecule has 140 valence electrons. The van der Waals surface area contributed by atoms with Gasteiger partial charge in [0, 0.05) is 10.7 Å². The fourth-order valence-electron chi connectivity index (χ4n) is 3.02. The summed E-state index contributed by atoms with van der Waals surface area (Å²) in [6.45, 7) is 1.33. The quantitative estimate of drug-likeness (QED) is 0.770. The van der Waals surface area contributed by atoms with Gasteiger partial charge in [-0.1, -0.05) is 30.7 Å². The zero-order valence-corrected chi connectivity index (χ0v) is 15.2. The van der Waals surface area contributed by atoms with Gasteiger partial charge in [-0.05, 0) is 48.4 Å². The van der Waals surface area contributed by atoms with Gasteiger partial charge in [-0.25, -0.2) is 9.18 Å². The summed E-state index contributed by atoms with van der Waals surface area (Å²) in [5.74, 6) is -1.50. The summed E-state index contributed by atoms with van der Waals surface area (Å²) in [6.07, 6.45) is 0.315. The molecule has 0 saturated carbocycles. The lowest BCUT2D eigenvalue weighted by molar-refractivity contribution is -0.134. The molecule has 1 atom stereocenters. The molecule has 4 amide bonds. The average Bonchev–Trinajstić information content (AvgIpc) is 2.89. The smallest absolute Gasteiger partial charge is 0.325 e. The number of nitrogens with one attached hydrogen (secondary N) is 2. The van der Waals surface area contributed by atoms with E-state index in [1.807, 2.05) is 0 Å². The topological polar surface area (TPSA) is 78.5 Å². The molecular weight excluding hydrogens is 373 g/mol. The van der Waals surface area contributed by atoms with Crippen molar-refractivity contribution in [3.05, 3.63) is 64.9 Å². The van der Waals surface area contributed by atoms with Gasteiger partial charge in [0.05, 0.1) is 0 Å². The van der Waals surface area contributed by atoms with Crippen LogP contribution in [0.15, 0.2) is 48.5 Å². The van der Waals surface area contributed by atoms with Gasteiger partial charge in [0.2, 0.25) is 5.91 Å². The van der Waals surface area contributed by atoms with Crippen LogP contribution in [-0.4, -0.2) is 29.3 Å². The minimum atomic E-state index is -1.24. The second kappa shape index (κ2) is 7.36. The molecule has 27 heavy (non-hydrogen) atoms. The summed E-state index contributed by atoms with van der Waals surface area (Å²) in [5, 5.41) is 5.74. The number of amides is 4. The summed E-state index contributed by atoms with van der Waals surface area (Å²) >= 11 is 5.90. The Morgan fingerprint density at radius 1 is 1.15 bits per heavy atom. The summed E-state index contributed by atoms with van der Waals surface area (Å²) in [6, 6.07) is 11.2. The Morgan fingerprint density at radius 2 is 1.78 bits per heavy atom. The molecule has 3 rings (SSSR count). The highest BCUT2D eigenvalue weighted by atomic mass is 35.5. The minimum Gasteiger partial charge on any atom is -0.325 e. The fourth-order valence-corrected chi connectivity index (χ4v) is 3.15. The van der Waals surface area contributed by atoms with E-state index in [1.165, 1.54) is 24.3 Å². The van der Waals surface area contributed by atoms with Crippen LogP contribution >= 0.6 is 11.6 Å². The van der Waals surface area contributed by atoms with Crippen LogP contribution < -0.4 is 10.6 Å². The first-order valence-electron chi connectivity index (χ1n) is 8.31. The van der Waals surface area contributed by atoms with Crippen molar-refractivity contribution < 1.29 is 18.8 Å².